The van der Waals surface area contributed by atoms with E-state index in [2.05, 4.69) is 58.7 Å². The largest absolute Gasteiger partial charge is 0.298 e. The fraction of sp³-hybridized carbons (Fsp3) is 0.846. The van der Waals surface area contributed by atoms with Gasteiger partial charge in [-0.2, -0.15) is 11.8 Å². The van der Waals surface area contributed by atoms with Crippen LogP contribution in [0.3, 0.4) is 0 Å². The molecule has 0 bridgehead atoms. The van der Waals surface area contributed by atoms with Crippen LogP contribution in [0.1, 0.15) is 41.0 Å². The third kappa shape index (κ3) is 7.02. The van der Waals surface area contributed by atoms with Gasteiger partial charge in [0.1, 0.15) is 0 Å². The van der Waals surface area contributed by atoms with Crippen LogP contribution < -0.4 is 0 Å². The van der Waals surface area contributed by atoms with Gasteiger partial charge in [0.05, 0.1) is 0 Å². The van der Waals surface area contributed by atoms with E-state index in [1.807, 2.05) is 11.8 Å². The molecular weight excluding hydrogens is 202 g/mol. The standard InChI is InChI=1S/C13H27NS/c1-7-15-13(5)10-8-9-12(4)14(6)11(2)3/h8-9,11-13H,7,10H2,1-6H3/b9-8+. The van der Waals surface area contributed by atoms with Gasteiger partial charge in [-0.3, -0.25) is 4.90 Å². The van der Waals surface area contributed by atoms with Gasteiger partial charge in [0, 0.05) is 17.3 Å². The van der Waals surface area contributed by atoms with Crippen LogP contribution in [-0.4, -0.2) is 35.0 Å². The highest BCUT2D eigenvalue weighted by molar-refractivity contribution is 7.99. The SMILES string of the molecule is CCSC(C)C/C=C/C(C)N(C)C(C)C. The predicted octanol–water partition coefficient (Wildman–Crippen LogP) is 3.80. The molecule has 2 atom stereocenters. The molecule has 2 heteroatoms. The van der Waals surface area contributed by atoms with E-state index >= 15 is 0 Å². The number of rotatable bonds is 7. The summed E-state index contributed by atoms with van der Waals surface area (Å²) in [6.45, 7) is 11.3. The summed E-state index contributed by atoms with van der Waals surface area (Å²) in [4.78, 5) is 2.38. The van der Waals surface area contributed by atoms with Crippen LogP contribution >= 0.6 is 11.8 Å². The lowest BCUT2D eigenvalue weighted by Gasteiger charge is -2.26. The van der Waals surface area contributed by atoms with Gasteiger partial charge in [-0.25, -0.2) is 0 Å². The van der Waals surface area contributed by atoms with Gasteiger partial charge < -0.3 is 0 Å². The van der Waals surface area contributed by atoms with Crippen molar-refractivity contribution in [1.29, 1.82) is 0 Å². The zero-order chi connectivity index (χ0) is 11.8. The van der Waals surface area contributed by atoms with E-state index in [0.29, 0.717) is 12.1 Å². The second-order valence-corrected chi connectivity index (χ2v) is 6.15. The molecule has 0 radical (unpaired) electrons. The molecule has 2 unspecified atom stereocenters. The quantitative estimate of drug-likeness (QED) is 0.611. The number of allylic oxidation sites excluding steroid dienone is 1. The van der Waals surface area contributed by atoms with Crippen LogP contribution in [0.15, 0.2) is 12.2 Å². The third-order valence-electron chi connectivity index (χ3n) is 2.79. The van der Waals surface area contributed by atoms with Crippen LogP contribution in [-0.2, 0) is 0 Å². The normalized spacial score (nSPS) is 16.5. The number of thioether (sulfide) groups is 1. The Morgan fingerprint density at radius 1 is 1.20 bits per heavy atom. The monoisotopic (exact) mass is 229 g/mol. The van der Waals surface area contributed by atoms with Crippen LogP contribution in [0.2, 0.25) is 0 Å². The summed E-state index contributed by atoms with van der Waals surface area (Å²) in [6.07, 6.45) is 5.85. The van der Waals surface area contributed by atoms with Crippen LogP contribution in [0, 0.1) is 0 Å². The molecule has 0 spiro atoms. The van der Waals surface area contributed by atoms with Crippen molar-refractivity contribution in [2.45, 2.75) is 58.4 Å². The van der Waals surface area contributed by atoms with Crippen molar-refractivity contribution < 1.29 is 0 Å². The van der Waals surface area contributed by atoms with Crippen molar-refractivity contribution in [1.82, 2.24) is 4.90 Å². The lowest BCUT2D eigenvalue weighted by atomic mass is 10.2. The summed E-state index contributed by atoms with van der Waals surface area (Å²) in [7, 11) is 2.18. The molecule has 0 saturated carbocycles. The lowest BCUT2D eigenvalue weighted by molar-refractivity contribution is 0.241. The van der Waals surface area contributed by atoms with E-state index in [1.54, 1.807) is 0 Å². The second-order valence-electron chi connectivity index (χ2n) is 4.43. The number of hydrogen-bond acceptors (Lipinski definition) is 2. The highest BCUT2D eigenvalue weighted by Gasteiger charge is 2.08. The molecule has 0 fully saturated rings. The minimum absolute atomic E-state index is 0.545. The maximum Gasteiger partial charge on any atom is 0.0249 e. The van der Waals surface area contributed by atoms with Crippen LogP contribution in [0.5, 0.6) is 0 Å². The van der Waals surface area contributed by atoms with Gasteiger partial charge in [0.2, 0.25) is 0 Å². The Labute approximate surface area is 100 Å². The molecule has 15 heavy (non-hydrogen) atoms. The smallest absolute Gasteiger partial charge is 0.0249 e. The molecule has 0 aliphatic carbocycles. The second kappa shape index (κ2) is 8.23. The summed E-state index contributed by atoms with van der Waals surface area (Å²) < 4.78 is 0. The van der Waals surface area contributed by atoms with Crippen molar-refractivity contribution in [3.63, 3.8) is 0 Å². The molecule has 0 aromatic carbocycles. The molecule has 0 saturated heterocycles. The molecule has 90 valence electrons. The molecule has 0 aliphatic heterocycles. The topological polar surface area (TPSA) is 3.24 Å². The molecule has 1 nitrogen and oxygen atoms in total. The Hall–Kier alpha value is 0.0500. The van der Waals surface area contributed by atoms with Crippen molar-refractivity contribution >= 4 is 11.8 Å². The summed E-state index contributed by atoms with van der Waals surface area (Å²) in [5.74, 6) is 1.22. The Morgan fingerprint density at radius 3 is 2.27 bits per heavy atom. The van der Waals surface area contributed by atoms with E-state index < -0.39 is 0 Å². The molecule has 0 rings (SSSR count). The summed E-state index contributed by atoms with van der Waals surface area (Å²) >= 11 is 2.03. The van der Waals surface area contributed by atoms with E-state index in [9.17, 15) is 0 Å². The summed E-state index contributed by atoms with van der Waals surface area (Å²) in [5, 5.41) is 0.753. The number of hydrogen-bond donors (Lipinski definition) is 0. The van der Waals surface area contributed by atoms with E-state index in [4.69, 9.17) is 0 Å². The molecule has 0 aromatic heterocycles. The molecule has 0 N–H and O–H groups in total. The Kier molecular flexibility index (Phi) is 8.26. The Morgan fingerprint density at radius 2 is 1.80 bits per heavy atom. The van der Waals surface area contributed by atoms with Crippen LogP contribution in [0.4, 0.5) is 0 Å². The van der Waals surface area contributed by atoms with Crippen molar-refractivity contribution in [2.24, 2.45) is 0 Å². The average Bonchev–Trinajstić information content (AvgIpc) is 2.16. The zero-order valence-electron chi connectivity index (χ0n) is 11.2. The van der Waals surface area contributed by atoms with E-state index in [0.717, 1.165) is 5.25 Å². The van der Waals surface area contributed by atoms with Gasteiger partial charge in [0.25, 0.3) is 0 Å². The summed E-state index contributed by atoms with van der Waals surface area (Å²) in [6, 6.07) is 1.16. The third-order valence-corrected chi connectivity index (χ3v) is 3.89. The summed E-state index contributed by atoms with van der Waals surface area (Å²) in [5.41, 5.74) is 0. The van der Waals surface area contributed by atoms with Crippen molar-refractivity contribution in [3.05, 3.63) is 12.2 Å². The zero-order valence-corrected chi connectivity index (χ0v) is 12.0. The molecular formula is C13H27NS. The number of nitrogens with zero attached hydrogens (tertiary/aromatic N) is 1. The van der Waals surface area contributed by atoms with Crippen molar-refractivity contribution in [2.75, 3.05) is 12.8 Å². The molecule has 0 aliphatic rings. The Bertz CT molecular complexity index is 177. The Balaban J connectivity index is 3.85. The fourth-order valence-electron chi connectivity index (χ4n) is 1.43. The van der Waals surface area contributed by atoms with E-state index in [1.165, 1.54) is 12.2 Å². The molecule has 0 heterocycles. The van der Waals surface area contributed by atoms with E-state index in [-0.39, 0.29) is 0 Å². The van der Waals surface area contributed by atoms with Gasteiger partial charge in [-0.1, -0.05) is 26.0 Å². The maximum atomic E-state index is 2.38. The minimum Gasteiger partial charge on any atom is -0.298 e. The average molecular weight is 229 g/mol. The molecule has 0 amide bonds. The lowest BCUT2D eigenvalue weighted by Crippen LogP contribution is -2.33. The first-order valence-electron chi connectivity index (χ1n) is 5.99. The minimum atomic E-state index is 0.545. The number of likely N-dealkylation sites (N-methyl/N-ethyl adjacent to an activating group) is 1. The fourth-order valence-corrected chi connectivity index (χ4v) is 2.24. The maximum absolute atomic E-state index is 2.38. The van der Waals surface area contributed by atoms with Gasteiger partial charge in [0.15, 0.2) is 0 Å². The predicted molar refractivity (Wildman–Crippen MR) is 73.7 cm³/mol. The van der Waals surface area contributed by atoms with Crippen LogP contribution in [0.25, 0.3) is 0 Å². The highest BCUT2D eigenvalue weighted by atomic mass is 32.2. The van der Waals surface area contributed by atoms with Gasteiger partial charge >= 0.3 is 0 Å². The highest BCUT2D eigenvalue weighted by Crippen LogP contribution is 2.14. The first-order valence-corrected chi connectivity index (χ1v) is 7.04. The van der Waals surface area contributed by atoms with Gasteiger partial charge in [-0.15, -0.1) is 0 Å². The van der Waals surface area contributed by atoms with Gasteiger partial charge in [-0.05, 0) is 40.0 Å². The van der Waals surface area contributed by atoms with Crippen molar-refractivity contribution in [3.8, 4) is 0 Å². The first kappa shape index (κ1) is 15.0. The molecule has 0 aromatic rings. The first-order chi connectivity index (χ1) is 6.99.